The van der Waals surface area contributed by atoms with Crippen LogP contribution in [0.4, 0.5) is 29.9 Å². The van der Waals surface area contributed by atoms with Crippen molar-refractivity contribution in [1.82, 2.24) is 25.0 Å². The first-order valence-electron chi connectivity index (χ1n) is 13.4. The average molecular weight is 582 g/mol. The second-order valence-electron chi connectivity index (χ2n) is 9.99. The van der Waals surface area contributed by atoms with E-state index in [1.807, 2.05) is 14.1 Å². The van der Waals surface area contributed by atoms with Crippen LogP contribution in [0.25, 0.3) is 0 Å². The molecule has 0 aliphatic carbocycles. The Morgan fingerprint density at radius 2 is 1.69 bits per heavy atom. The Bertz CT molecular complexity index is 1400. The lowest BCUT2D eigenvalue weighted by Gasteiger charge is -2.35. The monoisotopic (exact) mass is 581 g/mol. The summed E-state index contributed by atoms with van der Waals surface area (Å²) >= 11 is 0. The quantitative estimate of drug-likeness (QED) is 0.352. The SMILES string of the molecule is CN(C)CCN1CCN(C(=O)Nc2cc(Oc3ccc(NC(=O)NC(=O)Cc4ccc(F)cc4)cc3F)ccn2)CC1. The zero-order valence-corrected chi connectivity index (χ0v) is 23.4. The largest absolute Gasteiger partial charge is 0.454 e. The van der Waals surface area contributed by atoms with Gasteiger partial charge < -0.3 is 19.9 Å². The highest BCUT2D eigenvalue weighted by Gasteiger charge is 2.21. The molecule has 0 radical (unpaired) electrons. The molecule has 1 aliphatic heterocycles. The number of hydrogen-bond donors (Lipinski definition) is 3. The van der Waals surface area contributed by atoms with E-state index in [4.69, 9.17) is 4.74 Å². The van der Waals surface area contributed by atoms with Gasteiger partial charge in [0.1, 0.15) is 17.4 Å². The molecule has 0 unspecified atom stereocenters. The molecule has 42 heavy (non-hydrogen) atoms. The molecular formula is C29H33F2N7O4. The molecule has 2 aromatic carbocycles. The molecule has 1 saturated heterocycles. The number of anilines is 2. The number of urea groups is 2. The first-order chi connectivity index (χ1) is 20.1. The third-order valence-corrected chi connectivity index (χ3v) is 6.44. The van der Waals surface area contributed by atoms with Crippen LogP contribution in [-0.4, -0.2) is 91.0 Å². The summed E-state index contributed by atoms with van der Waals surface area (Å²) in [7, 11) is 4.06. The first-order valence-corrected chi connectivity index (χ1v) is 13.4. The van der Waals surface area contributed by atoms with E-state index in [1.165, 1.54) is 54.7 Å². The molecule has 3 N–H and O–H groups in total. The maximum Gasteiger partial charge on any atom is 0.325 e. The molecule has 11 nitrogen and oxygen atoms in total. The number of pyridine rings is 1. The van der Waals surface area contributed by atoms with Crippen LogP contribution in [0.1, 0.15) is 5.56 Å². The molecule has 4 rings (SSSR count). The number of nitrogens with one attached hydrogen (secondary N) is 3. The number of rotatable bonds is 9. The number of carbonyl (C=O) groups is 3. The molecule has 0 saturated carbocycles. The van der Waals surface area contributed by atoms with E-state index in [-0.39, 0.29) is 35.5 Å². The number of amides is 5. The van der Waals surface area contributed by atoms with Crippen LogP contribution in [0.15, 0.2) is 60.8 Å². The zero-order valence-electron chi connectivity index (χ0n) is 23.4. The lowest BCUT2D eigenvalue weighted by atomic mass is 10.1. The fraction of sp³-hybridized carbons (Fsp3) is 0.310. The highest BCUT2D eigenvalue weighted by Crippen LogP contribution is 2.27. The van der Waals surface area contributed by atoms with Gasteiger partial charge in [-0.2, -0.15) is 0 Å². The van der Waals surface area contributed by atoms with Crippen LogP contribution >= 0.6 is 0 Å². The number of aromatic nitrogens is 1. The second kappa shape index (κ2) is 14.3. The minimum Gasteiger partial charge on any atom is -0.454 e. The highest BCUT2D eigenvalue weighted by atomic mass is 19.1. The zero-order chi connectivity index (χ0) is 30.1. The number of benzene rings is 2. The van der Waals surface area contributed by atoms with Crippen molar-refractivity contribution in [2.75, 3.05) is 64.0 Å². The number of ether oxygens (including phenoxy) is 1. The predicted octanol–water partition coefficient (Wildman–Crippen LogP) is 3.75. The van der Waals surface area contributed by atoms with E-state index in [1.54, 1.807) is 4.90 Å². The molecule has 0 atom stereocenters. The van der Waals surface area contributed by atoms with Gasteiger partial charge in [-0.1, -0.05) is 12.1 Å². The summed E-state index contributed by atoms with van der Waals surface area (Å²) in [6.45, 7) is 4.68. The molecular weight excluding hydrogens is 548 g/mol. The van der Waals surface area contributed by atoms with Gasteiger partial charge in [0.05, 0.1) is 6.42 Å². The number of likely N-dealkylation sites (N-methyl/N-ethyl adjacent to an activating group) is 1. The van der Waals surface area contributed by atoms with E-state index in [9.17, 15) is 23.2 Å². The van der Waals surface area contributed by atoms with Gasteiger partial charge in [-0.15, -0.1) is 0 Å². The third-order valence-electron chi connectivity index (χ3n) is 6.44. The van der Waals surface area contributed by atoms with Crippen LogP contribution in [-0.2, 0) is 11.2 Å². The van der Waals surface area contributed by atoms with Gasteiger partial charge in [0.15, 0.2) is 11.6 Å². The van der Waals surface area contributed by atoms with E-state index < -0.39 is 23.6 Å². The van der Waals surface area contributed by atoms with Gasteiger partial charge in [-0.05, 0) is 50.0 Å². The van der Waals surface area contributed by atoms with Crippen molar-refractivity contribution >= 4 is 29.5 Å². The number of piperazine rings is 1. The van der Waals surface area contributed by atoms with Crippen molar-refractivity contribution in [3.63, 3.8) is 0 Å². The van der Waals surface area contributed by atoms with Crippen molar-refractivity contribution in [1.29, 1.82) is 0 Å². The van der Waals surface area contributed by atoms with E-state index >= 15 is 0 Å². The molecule has 13 heteroatoms. The Hall–Kier alpha value is -4.62. The number of halogens is 2. The summed E-state index contributed by atoms with van der Waals surface area (Å²) in [4.78, 5) is 47.3. The average Bonchev–Trinajstić information content (AvgIpc) is 2.95. The van der Waals surface area contributed by atoms with Crippen molar-refractivity contribution < 1.29 is 27.9 Å². The fourth-order valence-corrected chi connectivity index (χ4v) is 4.16. The van der Waals surface area contributed by atoms with Crippen LogP contribution in [0, 0.1) is 11.6 Å². The summed E-state index contributed by atoms with van der Waals surface area (Å²) in [6, 6.07) is 11.0. The van der Waals surface area contributed by atoms with Crippen molar-refractivity contribution in [3.05, 3.63) is 78.0 Å². The normalized spacial score (nSPS) is 13.5. The number of nitrogens with zero attached hydrogens (tertiary/aromatic N) is 4. The number of imide groups is 1. The van der Waals surface area contributed by atoms with Crippen LogP contribution in [0.3, 0.4) is 0 Å². The van der Waals surface area contributed by atoms with Gasteiger partial charge >= 0.3 is 12.1 Å². The molecule has 0 spiro atoms. The topological polar surface area (TPSA) is 119 Å². The van der Waals surface area contributed by atoms with Crippen LogP contribution in [0.2, 0.25) is 0 Å². The standard InChI is InChI=1S/C29H33F2N7O4/c1-36(2)11-12-37-13-15-38(16-14-37)29(41)34-26-19-23(9-10-32-26)42-25-8-7-22(18-24(25)31)33-28(40)35-27(39)17-20-3-5-21(30)6-4-20/h3-10,18-19H,11-17H2,1-2H3,(H,32,34,41)(H2,33,35,39,40). The molecule has 1 aliphatic rings. The first kappa shape index (κ1) is 30.3. The molecule has 1 fully saturated rings. The lowest BCUT2D eigenvalue weighted by Crippen LogP contribution is -2.51. The van der Waals surface area contributed by atoms with Crippen molar-refractivity contribution in [2.24, 2.45) is 0 Å². The van der Waals surface area contributed by atoms with E-state index in [2.05, 4.69) is 30.7 Å². The van der Waals surface area contributed by atoms with E-state index in [0.29, 0.717) is 18.7 Å². The summed E-state index contributed by atoms with van der Waals surface area (Å²) in [5.74, 6) is -1.42. The number of hydrogen-bond acceptors (Lipinski definition) is 7. The smallest absolute Gasteiger partial charge is 0.325 e. The molecule has 5 amide bonds. The summed E-state index contributed by atoms with van der Waals surface area (Å²) < 4.78 is 33.4. The molecule has 2 heterocycles. The van der Waals surface area contributed by atoms with E-state index in [0.717, 1.165) is 32.2 Å². The highest BCUT2D eigenvalue weighted by molar-refractivity contribution is 6.01. The summed E-state index contributed by atoms with van der Waals surface area (Å²) in [5, 5.41) is 7.28. The van der Waals surface area contributed by atoms with Gasteiger partial charge in [0.2, 0.25) is 5.91 Å². The second-order valence-corrected chi connectivity index (χ2v) is 9.99. The Kier molecular flexibility index (Phi) is 10.3. The maximum atomic E-state index is 14.8. The molecule has 3 aromatic rings. The lowest BCUT2D eigenvalue weighted by molar-refractivity contribution is -0.119. The minimum absolute atomic E-state index is 0.0939. The van der Waals surface area contributed by atoms with Crippen molar-refractivity contribution in [3.8, 4) is 11.5 Å². The predicted molar refractivity (Wildman–Crippen MR) is 154 cm³/mol. The maximum absolute atomic E-state index is 14.8. The Morgan fingerprint density at radius 3 is 2.38 bits per heavy atom. The Labute approximate surface area is 242 Å². The van der Waals surface area contributed by atoms with Gasteiger partial charge in [-0.3, -0.25) is 20.3 Å². The number of carbonyl (C=O) groups excluding carboxylic acids is 3. The minimum atomic E-state index is -0.848. The van der Waals surface area contributed by atoms with Crippen molar-refractivity contribution in [2.45, 2.75) is 6.42 Å². The Morgan fingerprint density at radius 1 is 0.952 bits per heavy atom. The molecule has 1 aromatic heterocycles. The van der Waals surface area contributed by atoms with Crippen LogP contribution < -0.4 is 20.7 Å². The Balaban J connectivity index is 1.26. The third kappa shape index (κ3) is 9.21. The summed E-state index contributed by atoms with van der Waals surface area (Å²) in [6.07, 6.45) is 1.31. The molecule has 0 bridgehead atoms. The summed E-state index contributed by atoms with van der Waals surface area (Å²) in [5.41, 5.74) is 0.624. The van der Waals surface area contributed by atoms with Gasteiger partial charge in [-0.25, -0.2) is 23.4 Å². The molecule has 222 valence electrons. The van der Waals surface area contributed by atoms with Gasteiger partial charge in [0, 0.05) is 63.3 Å². The van der Waals surface area contributed by atoms with Crippen LogP contribution in [0.5, 0.6) is 11.5 Å². The fourth-order valence-electron chi connectivity index (χ4n) is 4.16. The van der Waals surface area contributed by atoms with Gasteiger partial charge in [0.25, 0.3) is 0 Å².